The summed E-state index contributed by atoms with van der Waals surface area (Å²) in [5, 5.41) is 2.66. The highest BCUT2D eigenvalue weighted by Gasteiger charge is 2.32. The van der Waals surface area contributed by atoms with Crippen molar-refractivity contribution in [1.29, 1.82) is 0 Å². The number of alkyl halides is 3. The van der Waals surface area contributed by atoms with Crippen molar-refractivity contribution in [3.8, 4) is 0 Å². The Balaban J connectivity index is 1.49. The summed E-state index contributed by atoms with van der Waals surface area (Å²) in [4.78, 5) is 17.7. The van der Waals surface area contributed by atoms with E-state index in [1.165, 1.54) is 6.20 Å². The molecule has 27 heavy (non-hydrogen) atoms. The average Bonchev–Trinajstić information content (AvgIpc) is 2.62. The number of halogens is 3. The number of hydrogen-bond acceptors (Lipinski definition) is 3. The van der Waals surface area contributed by atoms with Crippen LogP contribution in [0.1, 0.15) is 22.4 Å². The fraction of sp³-hybridized carbons (Fsp3) is 0.400. The van der Waals surface area contributed by atoms with E-state index in [2.05, 4.69) is 15.2 Å². The lowest BCUT2D eigenvalue weighted by atomic mass is 9.98. The molecule has 3 rings (SSSR count). The molecule has 144 valence electrons. The van der Waals surface area contributed by atoms with Crippen LogP contribution in [0.4, 0.5) is 13.2 Å². The molecular weight excluding hydrogens is 355 g/mol. The first-order chi connectivity index (χ1) is 12.8. The van der Waals surface area contributed by atoms with E-state index in [1.54, 1.807) is 7.05 Å². The topological polar surface area (TPSA) is 45.2 Å². The zero-order valence-corrected chi connectivity index (χ0v) is 15.1. The molecule has 0 saturated carbocycles. The first-order valence-electron chi connectivity index (χ1n) is 8.89. The molecule has 0 aliphatic carbocycles. The van der Waals surface area contributed by atoms with E-state index in [0.29, 0.717) is 18.5 Å². The maximum absolute atomic E-state index is 12.7. The van der Waals surface area contributed by atoms with Gasteiger partial charge in [-0.1, -0.05) is 24.3 Å². The highest BCUT2D eigenvalue weighted by molar-refractivity contribution is 5.79. The molecule has 1 aromatic carbocycles. The van der Waals surface area contributed by atoms with Gasteiger partial charge in [0.05, 0.1) is 11.5 Å². The molecule has 2 heterocycles. The van der Waals surface area contributed by atoms with Crippen molar-refractivity contribution in [1.82, 2.24) is 15.2 Å². The molecule has 1 aliphatic heterocycles. The Morgan fingerprint density at radius 3 is 2.44 bits per heavy atom. The molecule has 1 saturated heterocycles. The third-order valence-electron chi connectivity index (χ3n) is 4.82. The number of hydrogen-bond donors (Lipinski definition) is 1. The van der Waals surface area contributed by atoms with Gasteiger partial charge in [-0.3, -0.25) is 14.7 Å². The zero-order chi connectivity index (χ0) is 19.4. The van der Waals surface area contributed by atoms with Crippen LogP contribution in [0.2, 0.25) is 0 Å². The van der Waals surface area contributed by atoms with Gasteiger partial charge in [-0.25, -0.2) is 0 Å². The van der Waals surface area contributed by atoms with Crippen LogP contribution in [0.3, 0.4) is 0 Å². The Hall–Kier alpha value is -2.41. The molecule has 0 spiro atoms. The smallest absolute Gasteiger partial charge is 0.359 e. The maximum atomic E-state index is 12.7. The number of likely N-dealkylation sites (tertiary alicyclic amines) is 1. The van der Waals surface area contributed by atoms with Crippen LogP contribution in [0.15, 0.2) is 42.6 Å². The van der Waals surface area contributed by atoms with Crippen LogP contribution in [0, 0.1) is 5.92 Å². The molecule has 1 fully saturated rings. The highest BCUT2D eigenvalue weighted by atomic mass is 19.4. The van der Waals surface area contributed by atoms with E-state index >= 15 is 0 Å². The monoisotopic (exact) mass is 377 g/mol. The Kier molecular flexibility index (Phi) is 5.79. The van der Waals surface area contributed by atoms with Gasteiger partial charge in [0, 0.05) is 38.6 Å². The summed E-state index contributed by atoms with van der Waals surface area (Å²) < 4.78 is 38.2. The summed E-state index contributed by atoms with van der Waals surface area (Å²) >= 11 is 0. The second-order valence-corrected chi connectivity index (χ2v) is 6.86. The fourth-order valence-electron chi connectivity index (χ4n) is 3.20. The van der Waals surface area contributed by atoms with E-state index < -0.39 is 11.7 Å². The molecule has 2 aromatic rings. The summed E-state index contributed by atoms with van der Waals surface area (Å²) in [6, 6.07) is 10.2. The number of carbonyl (C=O) groups excluding carboxylic acids is 1. The Morgan fingerprint density at radius 1 is 1.15 bits per heavy atom. The normalized spacial score (nSPS) is 15.4. The predicted octanol–water partition coefficient (Wildman–Crippen LogP) is 3.06. The minimum Gasteiger partial charge on any atom is -0.359 e. The summed E-state index contributed by atoms with van der Waals surface area (Å²) in [6.45, 7) is 2.33. The molecule has 1 aliphatic rings. The van der Waals surface area contributed by atoms with Crippen LogP contribution in [-0.2, 0) is 30.4 Å². The summed E-state index contributed by atoms with van der Waals surface area (Å²) in [5.74, 6) is 0.166. The molecular formula is C20H22F3N3O. The van der Waals surface area contributed by atoms with Gasteiger partial charge in [-0.2, -0.15) is 13.2 Å². The molecule has 0 unspecified atom stereocenters. The minimum atomic E-state index is -4.34. The molecule has 0 atom stereocenters. The van der Waals surface area contributed by atoms with Gasteiger partial charge in [0.25, 0.3) is 0 Å². The van der Waals surface area contributed by atoms with Crippen molar-refractivity contribution in [3.05, 3.63) is 65.0 Å². The summed E-state index contributed by atoms with van der Waals surface area (Å²) in [7, 11) is 1.65. The van der Waals surface area contributed by atoms with Gasteiger partial charge in [-0.05, 0) is 36.1 Å². The largest absolute Gasteiger partial charge is 0.416 e. The lowest BCUT2D eigenvalue weighted by Crippen LogP contribution is -2.52. The number of nitrogens with one attached hydrogen (secondary N) is 1. The SMILES string of the molecule is CNC(=O)C1CN(Cc2ccc(CCc3cc(C(F)(F)F)ccn3)cc2)C1. The predicted molar refractivity (Wildman–Crippen MR) is 95.9 cm³/mol. The lowest BCUT2D eigenvalue weighted by Gasteiger charge is -2.38. The van der Waals surface area contributed by atoms with E-state index in [9.17, 15) is 18.0 Å². The van der Waals surface area contributed by atoms with Gasteiger partial charge >= 0.3 is 6.18 Å². The minimum absolute atomic E-state index is 0.0780. The Bertz CT molecular complexity index is 784. The van der Waals surface area contributed by atoms with Crippen LogP contribution >= 0.6 is 0 Å². The van der Waals surface area contributed by atoms with Gasteiger partial charge in [0.2, 0.25) is 5.91 Å². The Morgan fingerprint density at radius 2 is 1.81 bits per heavy atom. The zero-order valence-electron chi connectivity index (χ0n) is 15.1. The second-order valence-electron chi connectivity index (χ2n) is 6.86. The van der Waals surface area contributed by atoms with E-state index in [4.69, 9.17) is 0 Å². The standard InChI is InChI=1S/C20H22F3N3O/c1-24-19(27)16-12-26(13-16)11-15-4-2-14(3-5-15)6-7-18-10-17(8-9-25-18)20(21,22)23/h2-5,8-10,16H,6-7,11-13H2,1H3,(H,24,27). The van der Waals surface area contributed by atoms with Crippen molar-refractivity contribution in [2.45, 2.75) is 25.6 Å². The number of pyridine rings is 1. The van der Waals surface area contributed by atoms with Gasteiger partial charge < -0.3 is 5.32 Å². The molecule has 1 amide bonds. The molecule has 7 heteroatoms. The summed E-state index contributed by atoms with van der Waals surface area (Å²) in [6.07, 6.45) is -2.03. The highest BCUT2D eigenvalue weighted by Crippen LogP contribution is 2.29. The first-order valence-corrected chi connectivity index (χ1v) is 8.89. The fourth-order valence-corrected chi connectivity index (χ4v) is 3.20. The number of amides is 1. The molecule has 1 aromatic heterocycles. The number of aryl methyl sites for hydroxylation is 2. The van der Waals surface area contributed by atoms with Gasteiger partial charge in [0.15, 0.2) is 0 Å². The van der Waals surface area contributed by atoms with Gasteiger partial charge in [0.1, 0.15) is 0 Å². The van der Waals surface area contributed by atoms with E-state index in [-0.39, 0.29) is 11.8 Å². The summed E-state index contributed by atoms with van der Waals surface area (Å²) in [5.41, 5.74) is 2.00. The van der Waals surface area contributed by atoms with Crippen LogP contribution in [0.25, 0.3) is 0 Å². The van der Waals surface area contributed by atoms with Crippen LogP contribution in [0.5, 0.6) is 0 Å². The average molecular weight is 377 g/mol. The lowest BCUT2D eigenvalue weighted by molar-refractivity contribution is -0.137. The van der Waals surface area contributed by atoms with Crippen molar-refractivity contribution < 1.29 is 18.0 Å². The van der Waals surface area contributed by atoms with Crippen LogP contribution < -0.4 is 5.32 Å². The van der Waals surface area contributed by atoms with Crippen molar-refractivity contribution in [2.24, 2.45) is 5.92 Å². The molecule has 0 bridgehead atoms. The maximum Gasteiger partial charge on any atom is 0.416 e. The quantitative estimate of drug-likeness (QED) is 0.842. The number of benzene rings is 1. The second kappa shape index (κ2) is 8.08. The number of nitrogens with zero attached hydrogens (tertiary/aromatic N) is 2. The number of carbonyl (C=O) groups is 1. The number of rotatable bonds is 6. The first kappa shape index (κ1) is 19.4. The molecule has 4 nitrogen and oxygen atoms in total. The van der Waals surface area contributed by atoms with Gasteiger partial charge in [-0.15, -0.1) is 0 Å². The van der Waals surface area contributed by atoms with E-state index in [0.717, 1.165) is 42.9 Å². The third kappa shape index (κ3) is 5.07. The van der Waals surface area contributed by atoms with Crippen molar-refractivity contribution in [3.63, 3.8) is 0 Å². The third-order valence-corrected chi connectivity index (χ3v) is 4.82. The van der Waals surface area contributed by atoms with Crippen molar-refractivity contribution >= 4 is 5.91 Å². The van der Waals surface area contributed by atoms with Crippen LogP contribution in [-0.4, -0.2) is 35.9 Å². The van der Waals surface area contributed by atoms with E-state index in [1.807, 2.05) is 24.3 Å². The van der Waals surface area contributed by atoms with Crippen molar-refractivity contribution in [2.75, 3.05) is 20.1 Å². The molecule has 1 N–H and O–H groups in total. The Labute approximate surface area is 156 Å². The number of aromatic nitrogens is 1. The molecule has 0 radical (unpaired) electrons.